The number of non-ortho nitro benzene ring substituents is 1. The van der Waals surface area contributed by atoms with Crippen molar-refractivity contribution in [1.29, 1.82) is 0 Å². The van der Waals surface area contributed by atoms with Crippen molar-refractivity contribution < 1.29 is 18.1 Å². The molecule has 28 heavy (non-hydrogen) atoms. The van der Waals surface area contributed by atoms with Crippen LogP contribution in [0.15, 0.2) is 52.5 Å². The molecule has 0 radical (unpaired) electrons. The second kappa shape index (κ2) is 8.65. The van der Waals surface area contributed by atoms with Gasteiger partial charge in [0.2, 0.25) is 10.0 Å². The number of hydrogen-bond donors (Lipinski definition) is 1. The quantitative estimate of drug-likeness (QED) is 0.433. The number of anilines is 1. The van der Waals surface area contributed by atoms with Crippen LogP contribution in [0.5, 0.6) is 0 Å². The molecule has 2 aromatic rings. The molecule has 11 heteroatoms. The highest BCUT2D eigenvalue weighted by Gasteiger charge is 2.30. The van der Waals surface area contributed by atoms with E-state index >= 15 is 0 Å². The lowest BCUT2D eigenvalue weighted by Gasteiger charge is -2.26. The zero-order valence-corrected chi connectivity index (χ0v) is 16.2. The molecular weight excluding hydrogens is 408 g/mol. The lowest BCUT2D eigenvalue weighted by atomic mass is 10.2. The summed E-state index contributed by atoms with van der Waals surface area (Å²) in [6, 6.07) is 10.6. The van der Waals surface area contributed by atoms with E-state index in [9.17, 15) is 18.5 Å². The summed E-state index contributed by atoms with van der Waals surface area (Å²) in [6.45, 7) is 0.879. The molecule has 2 aromatic carbocycles. The van der Waals surface area contributed by atoms with E-state index in [1.807, 2.05) is 0 Å². The minimum Gasteiger partial charge on any atom is -0.379 e. The van der Waals surface area contributed by atoms with Gasteiger partial charge in [0.25, 0.3) is 5.69 Å². The number of benzene rings is 2. The Morgan fingerprint density at radius 1 is 1.21 bits per heavy atom. The number of nitrogens with zero attached hydrogens (tertiary/aromatic N) is 3. The molecule has 0 aliphatic carbocycles. The first-order chi connectivity index (χ1) is 13.4. The summed E-state index contributed by atoms with van der Waals surface area (Å²) >= 11 is 6.06. The van der Waals surface area contributed by atoms with Crippen LogP contribution in [-0.4, -0.2) is 50.2 Å². The molecule has 0 atom stereocenters. The highest BCUT2D eigenvalue weighted by molar-refractivity contribution is 7.89. The zero-order valence-electron chi connectivity index (χ0n) is 14.6. The lowest BCUT2D eigenvalue weighted by Crippen LogP contribution is -2.40. The first-order valence-electron chi connectivity index (χ1n) is 8.29. The van der Waals surface area contributed by atoms with E-state index in [0.717, 1.165) is 6.07 Å². The molecule has 1 aliphatic rings. The summed E-state index contributed by atoms with van der Waals surface area (Å²) in [5, 5.41) is 15.6. The van der Waals surface area contributed by atoms with Crippen molar-refractivity contribution in [3.63, 3.8) is 0 Å². The number of ether oxygens (including phenoxy) is 1. The third-order valence-electron chi connectivity index (χ3n) is 4.06. The third-order valence-corrected chi connectivity index (χ3v) is 6.34. The first kappa shape index (κ1) is 20.2. The van der Waals surface area contributed by atoms with Gasteiger partial charge < -0.3 is 4.74 Å². The Bertz CT molecular complexity index is 1010. The number of hydrazone groups is 1. The van der Waals surface area contributed by atoms with E-state index in [0.29, 0.717) is 10.6 Å². The molecule has 0 unspecified atom stereocenters. The van der Waals surface area contributed by atoms with Gasteiger partial charge in [-0.1, -0.05) is 29.8 Å². The van der Waals surface area contributed by atoms with Gasteiger partial charge in [0, 0.05) is 35.8 Å². The van der Waals surface area contributed by atoms with Crippen LogP contribution in [0, 0.1) is 10.1 Å². The minimum absolute atomic E-state index is 0.125. The highest BCUT2D eigenvalue weighted by atomic mass is 35.5. The van der Waals surface area contributed by atoms with E-state index in [4.69, 9.17) is 16.3 Å². The fraction of sp³-hybridized carbons (Fsp3) is 0.235. The zero-order chi connectivity index (χ0) is 20.1. The van der Waals surface area contributed by atoms with Crippen molar-refractivity contribution in [3.8, 4) is 0 Å². The molecule has 148 valence electrons. The molecule has 0 saturated carbocycles. The summed E-state index contributed by atoms with van der Waals surface area (Å²) < 4.78 is 32.4. The van der Waals surface area contributed by atoms with Crippen molar-refractivity contribution in [3.05, 3.63) is 63.2 Å². The molecule has 1 heterocycles. The van der Waals surface area contributed by atoms with Gasteiger partial charge >= 0.3 is 0 Å². The Morgan fingerprint density at radius 2 is 1.93 bits per heavy atom. The standard InChI is InChI=1S/C17H17ClN4O5S/c18-15-4-2-1-3-13(15)12-19-20-16-6-5-14(22(23)24)11-17(16)28(25,26)21-7-9-27-10-8-21/h1-6,11-12,20H,7-10H2/b19-12-. The third kappa shape index (κ3) is 4.47. The Hall–Kier alpha value is -2.53. The Morgan fingerprint density at radius 3 is 2.61 bits per heavy atom. The molecule has 0 bridgehead atoms. The van der Waals surface area contributed by atoms with Crippen LogP contribution in [-0.2, 0) is 14.8 Å². The molecule has 1 N–H and O–H groups in total. The van der Waals surface area contributed by atoms with E-state index in [1.54, 1.807) is 24.3 Å². The van der Waals surface area contributed by atoms with Crippen LogP contribution in [0.1, 0.15) is 5.56 Å². The number of nitrogens with one attached hydrogen (secondary N) is 1. The van der Waals surface area contributed by atoms with Crippen LogP contribution >= 0.6 is 11.6 Å². The van der Waals surface area contributed by atoms with Crippen LogP contribution < -0.4 is 5.43 Å². The fourth-order valence-corrected chi connectivity index (χ4v) is 4.36. The van der Waals surface area contributed by atoms with Gasteiger partial charge in [0.15, 0.2) is 0 Å². The summed E-state index contributed by atoms with van der Waals surface area (Å²) in [7, 11) is -3.97. The van der Waals surface area contributed by atoms with Crippen molar-refractivity contribution in [1.82, 2.24) is 4.31 Å². The van der Waals surface area contributed by atoms with Crippen molar-refractivity contribution in [2.45, 2.75) is 4.90 Å². The van der Waals surface area contributed by atoms with E-state index < -0.39 is 14.9 Å². The topological polar surface area (TPSA) is 114 Å². The predicted octanol–water partition coefficient (Wildman–Crippen LogP) is 2.72. The van der Waals surface area contributed by atoms with Gasteiger partial charge in [-0.3, -0.25) is 15.5 Å². The minimum atomic E-state index is -3.97. The van der Waals surface area contributed by atoms with Gasteiger partial charge in [-0.05, 0) is 12.1 Å². The normalized spacial score (nSPS) is 15.6. The van der Waals surface area contributed by atoms with Crippen molar-refractivity contribution in [2.24, 2.45) is 5.10 Å². The summed E-state index contributed by atoms with van der Waals surface area (Å²) in [6.07, 6.45) is 1.44. The van der Waals surface area contributed by atoms with Crippen LogP contribution in [0.4, 0.5) is 11.4 Å². The maximum absolute atomic E-state index is 13.0. The number of rotatable bonds is 6. The molecule has 0 amide bonds. The first-order valence-corrected chi connectivity index (χ1v) is 10.1. The van der Waals surface area contributed by atoms with Crippen LogP contribution in [0.25, 0.3) is 0 Å². The molecule has 0 aromatic heterocycles. The van der Waals surface area contributed by atoms with E-state index in [-0.39, 0.29) is 42.6 Å². The van der Waals surface area contributed by atoms with Crippen molar-refractivity contribution in [2.75, 3.05) is 31.7 Å². The van der Waals surface area contributed by atoms with Gasteiger partial charge in [0.05, 0.1) is 30.0 Å². The maximum atomic E-state index is 13.0. The number of morpholine rings is 1. The molecule has 9 nitrogen and oxygen atoms in total. The number of halogens is 1. The van der Waals surface area contributed by atoms with Gasteiger partial charge in [0.1, 0.15) is 4.90 Å². The van der Waals surface area contributed by atoms with Gasteiger partial charge in [-0.15, -0.1) is 0 Å². The van der Waals surface area contributed by atoms with Gasteiger partial charge in [-0.2, -0.15) is 9.41 Å². The average Bonchev–Trinajstić information content (AvgIpc) is 2.70. The summed E-state index contributed by atoms with van der Waals surface area (Å²) in [4.78, 5) is 10.3. The molecule has 3 rings (SSSR count). The number of nitro benzene ring substituents is 1. The number of nitro groups is 1. The fourth-order valence-electron chi connectivity index (χ4n) is 2.61. The van der Waals surface area contributed by atoms with E-state index in [2.05, 4.69) is 10.5 Å². The second-order valence-electron chi connectivity index (χ2n) is 5.85. The SMILES string of the molecule is O=[N+]([O-])c1ccc(N/N=C\c2ccccc2Cl)c(S(=O)(=O)N2CCOCC2)c1. The van der Waals surface area contributed by atoms with Crippen LogP contribution in [0.3, 0.4) is 0 Å². The molecule has 1 saturated heterocycles. The Balaban J connectivity index is 1.94. The summed E-state index contributed by atoms with van der Waals surface area (Å²) in [5.41, 5.74) is 3.09. The number of sulfonamides is 1. The van der Waals surface area contributed by atoms with E-state index in [1.165, 1.54) is 22.7 Å². The average molecular weight is 425 g/mol. The van der Waals surface area contributed by atoms with Gasteiger partial charge in [-0.25, -0.2) is 8.42 Å². The maximum Gasteiger partial charge on any atom is 0.270 e. The molecular formula is C17H17ClN4O5S. The monoisotopic (exact) mass is 424 g/mol. The summed E-state index contributed by atoms with van der Waals surface area (Å²) in [5.74, 6) is 0. The lowest BCUT2D eigenvalue weighted by molar-refractivity contribution is -0.385. The Kier molecular flexibility index (Phi) is 6.25. The van der Waals surface area contributed by atoms with Crippen molar-refractivity contribution >= 4 is 39.2 Å². The Labute approximate surface area is 166 Å². The smallest absolute Gasteiger partial charge is 0.270 e. The van der Waals surface area contributed by atoms with Crippen LogP contribution in [0.2, 0.25) is 5.02 Å². The molecule has 1 fully saturated rings. The largest absolute Gasteiger partial charge is 0.379 e. The molecule has 1 aliphatic heterocycles. The second-order valence-corrected chi connectivity index (χ2v) is 8.16. The molecule has 0 spiro atoms. The predicted molar refractivity (Wildman–Crippen MR) is 105 cm³/mol. The highest BCUT2D eigenvalue weighted by Crippen LogP contribution is 2.29. The number of hydrogen-bond acceptors (Lipinski definition) is 7.